The SMILES string of the molecule is COc1n[nH]c2ncc(NC(=O)c3c(I)ccc(OCc4ncccn4)c3F)cc12. The molecule has 0 saturated carbocycles. The van der Waals surface area contributed by atoms with Crippen LogP contribution in [0.2, 0.25) is 0 Å². The third-order valence-electron chi connectivity index (χ3n) is 4.09. The molecule has 2 N–H and O–H groups in total. The average molecular weight is 520 g/mol. The van der Waals surface area contributed by atoms with Gasteiger partial charge in [-0.25, -0.2) is 19.3 Å². The molecule has 3 aromatic heterocycles. The van der Waals surface area contributed by atoms with Crippen molar-refractivity contribution in [3.63, 3.8) is 0 Å². The number of aromatic amines is 1. The van der Waals surface area contributed by atoms with Crippen molar-refractivity contribution in [3.8, 4) is 11.6 Å². The van der Waals surface area contributed by atoms with Gasteiger partial charge in [0.25, 0.3) is 5.91 Å². The van der Waals surface area contributed by atoms with Crippen molar-refractivity contribution in [2.45, 2.75) is 6.61 Å². The van der Waals surface area contributed by atoms with Gasteiger partial charge in [-0.3, -0.25) is 9.89 Å². The number of nitrogens with one attached hydrogen (secondary N) is 2. The van der Waals surface area contributed by atoms with E-state index in [2.05, 4.69) is 30.5 Å². The highest BCUT2D eigenvalue weighted by Gasteiger charge is 2.21. The molecule has 0 bridgehead atoms. The Kier molecular flexibility index (Phi) is 5.70. The summed E-state index contributed by atoms with van der Waals surface area (Å²) >= 11 is 1.89. The second-order valence-electron chi connectivity index (χ2n) is 6.00. The van der Waals surface area contributed by atoms with E-state index in [9.17, 15) is 4.79 Å². The first-order chi connectivity index (χ1) is 14.6. The largest absolute Gasteiger partial charge is 0.483 e. The molecule has 3 heterocycles. The molecule has 0 aliphatic heterocycles. The van der Waals surface area contributed by atoms with E-state index in [0.717, 1.165) is 0 Å². The molecular weight excluding hydrogens is 506 g/mol. The van der Waals surface area contributed by atoms with Crippen LogP contribution in [0.5, 0.6) is 11.6 Å². The molecule has 0 aliphatic carbocycles. The lowest BCUT2D eigenvalue weighted by atomic mass is 10.1. The molecule has 9 nitrogen and oxygen atoms in total. The van der Waals surface area contributed by atoms with Gasteiger partial charge in [0.1, 0.15) is 6.61 Å². The molecule has 0 aliphatic rings. The van der Waals surface area contributed by atoms with E-state index in [0.29, 0.717) is 32.0 Å². The molecule has 4 aromatic rings. The van der Waals surface area contributed by atoms with Crippen molar-refractivity contribution < 1.29 is 18.7 Å². The number of hydrogen-bond acceptors (Lipinski definition) is 7. The molecule has 4 rings (SSSR count). The van der Waals surface area contributed by atoms with E-state index < -0.39 is 11.7 Å². The minimum absolute atomic E-state index is 0.0275. The third-order valence-corrected chi connectivity index (χ3v) is 4.99. The summed E-state index contributed by atoms with van der Waals surface area (Å²) in [4.78, 5) is 25.0. The monoisotopic (exact) mass is 520 g/mol. The Labute approximate surface area is 183 Å². The van der Waals surface area contributed by atoms with Crippen LogP contribution >= 0.6 is 22.6 Å². The zero-order chi connectivity index (χ0) is 21.1. The van der Waals surface area contributed by atoms with Crippen LogP contribution < -0.4 is 14.8 Å². The lowest BCUT2D eigenvalue weighted by Gasteiger charge is -2.12. The van der Waals surface area contributed by atoms with Gasteiger partial charge in [0.05, 0.1) is 29.9 Å². The average Bonchev–Trinajstić information content (AvgIpc) is 3.16. The number of H-pyrrole nitrogens is 1. The van der Waals surface area contributed by atoms with Gasteiger partial charge < -0.3 is 14.8 Å². The zero-order valence-electron chi connectivity index (χ0n) is 15.5. The van der Waals surface area contributed by atoms with E-state index in [4.69, 9.17) is 9.47 Å². The maximum atomic E-state index is 15.0. The maximum Gasteiger partial charge on any atom is 0.259 e. The van der Waals surface area contributed by atoms with Crippen molar-refractivity contribution in [3.05, 3.63) is 63.6 Å². The second-order valence-corrected chi connectivity index (χ2v) is 7.16. The molecule has 0 atom stereocenters. The normalized spacial score (nSPS) is 10.8. The third kappa shape index (κ3) is 4.01. The van der Waals surface area contributed by atoms with Crippen molar-refractivity contribution in [1.82, 2.24) is 25.1 Å². The van der Waals surface area contributed by atoms with Crippen LogP contribution in [0.25, 0.3) is 11.0 Å². The van der Waals surface area contributed by atoms with Gasteiger partial charge in [-0.05, 0) is 46.9 Å². The summed E-state index contributed by atoms with van der Waals surface area (Å²) in [5.41, 5.74) is 0.733. The standard InChI is InChI=1S/C19H14FIN6O3/c1-29-19-11-7-10(8-24-17(11)26-27-19)25-18(28)15-12(21)3-4-13(16(15)20)30-9-14-22-5-2-6-23-14/h2-8H,9H2,1H3,(H,25,28)(H,24,26,27). The number of carbonyl (C=O) groups excluding carboxylic acids is 1. The van der Waals surface area contributed by atoms with Crippen LogP contribution in [-0.2, 0) is 6.61 Å². The fourth-order valence-corrected chi connectivity index (χ4v) is 3.36. The predicted molar refractivity (Wildman–Crippen MR) is 114 cm³/mol. The van der Waals surface area contributed by atoms with Gasteiger partial charge in [0, 0.05) is 16.0 Å². The highest BCUT2D eigenvalue weighted by Crippen LogP contribution is 2.28. The first-order valence-electron chi connectivity index (χ1n) is 8.63. The molecule has 0 fully saturated rings. The molecule has 0 saturated heterocycles. The lowest BCUT2D eigenvalue weighted by molar-refractivity contribution is 0.102. The number of nitrogens with zero attached hydrogens (tertiary/aromatic N) is 4. The maximum absolute atomic E-state index is 15.0. The van der Waals surface area contributed by atoms with Crippen molar-refractivity contribution in [2.24, 2.45) is 0 Å². The summed E-state index contributed by atoms with van der Waals surface area (Å²) < 4.78 is 26.1. The molecule has 1 amide bonds. The summed E-state index contributed by atoms with van der Waals surface area (Å²) in [5.74, 6) is -0.743. The first-order valence-corrected chi connectivity index (χ1v) is 9.71. The Morgan fingerprint density at radius 3 is 2.83 bits per heavy atom. The topological polar surface area (TPSA) is 115 Å². The Morgan fingerprint density at radius 2 is 2.07 bits per heavy atom. The molecule has 1 aromatic carbocycles. The summed E-state index contributed by atoms with van der Waals surface area (Å²) in [7, 11) is 1.48. The fourth-order valence-electron chi connectivity index (χ4n) is 2.70. The van der Waals surface area contributed by atoms with Gasteiger partial charge in [-0.1, -0.05) is 0 Å². The first kappa shape index (κ1) is 19.9. The van der Waals surface area contributed by atoms with E-state index in [-0.39, 0.29) is 17.9 Å². The number of ether oxygens (including phenoxy) is 2. The summed E-state index contributed by atoms with van der Waals surface area (Å²) in [6.07, 6.45) is 4.57. The van der Waals surface area contributed by atoms with Crippen LogP contribution in [0.15, 0.2) is 42.9 Å². The van der Waals surface area contributed by atoms with E-state index >= 15 is 4.39 Å². The van der Waals surface area contributed by atoms with Gasteiger partial charge in [0.15, 0.2) is 23.0 Å². The predicted octanol–water partition coefficient (Wildman–Crippen LogP) is 3.33. The van der Waals surface area contributed by atoms with Crippen molar-refractivity contribution in [1.29, 1.82) is 0 Å². The van der Waals surface area contributed by atoms with E-state index in [1.54, 1.807) is 30.6 Å². The van der Waals surface area contributed by atoms with E-state index in [1.165, 1.54) is 19.4 Å². The van der Waals surface area contributed by atoms with Crippen LogP contribution in [0.4, 0.5) is 10.1 Å². The smallest absolute Gasteiger partial charge is 0.259 e. The highest BCUT2D eigenvalue weighted by molar-refractivity contribution is 14.1. The molecule has 0 radical (unpaired) electrons. The number of rotatable bonds is 6. The van der Waals surface area contributed by atoms with Crippen LogP contribution in [0.3, 0.4) is 0 Å². The van der Waals surface area contributed by atoms with Gasteiger partial charge >= 0.3 is 0 Å². The molecule has 0 spiro atoms. The molecule has 11 heteroatoms. The van der Waals surface area contributed by atoms with Gasteiger partial charge in [-0.2, -0.15) is 0 Å². The Hall–Kier alpha value is -3.35. The Bertz CT molecular complexity index is 1220. The Balaban J connectivity index is 1.57. The molecule has 152 valence electrons. The number of carbonyl (C=O) groups is 1. The summed E-state index contributed by atoms with van der Waals surface area (Å²) in [5, 5.41) is 9.92. The number of aromatic nitrogens is 5. The Morgan fingerprint density at radius 1 is 1.27 bits per heavy atom. The van der Waals surface area contributed by atoms with Crippen LogP contribution in [-0.4, -0.2) is 38.2 Å². The van der Waals surface area contributed by atoms with Gasteiger partial charge in [-0.15, -0.1) is 5.10 Å². The number of amides is 1. The molecule has 0 unspecified atom stereocenters. The zero-order valence-corrected chi connectivity index (χ0v) is 17.7. The number of anilines is 1. The lowest BCUT2D eigenvalue weighted by Crippen LogP contribution is -2.16. The number of halogens is 2. The number of hydrogen-bond donors (Lipinski definition) is 2. The van der Waals surface area contributed by atoms with Crippen molar-refractivity contribution >= 4 is 45.2 Å². The number of benzene rings is 1. The second kappa shape index (κ2) is 8.57. The minimum atomic E-state index is -0.773. The number of fused-ring (bicyclic) bond motifs is 1. The van der Waals surface area contributed by atoms with Gasteiger partial charge in [0.2, 0.25) is 5.88 Å². The quantitative estimate of drug-likeness (QED) is 0.375. The summed E-state index contributed by atoms with van der Waals surface area (Å²) in [6, 6.07) is 6.37. The minimum Gasteiger partial charge on any atom is -0.483 e. The van der Waals surface area contributed by atoms with Crippen LogP contribution in [0.1, 0.15) is 16.2 Å². The molecular formula is C19H14FIN6O3. The molecule has 30 heavy (non-hydrogen) atoms. The van der Waals surface area contributed by atoms with Crippen molar-refractivity contribution in [2.75, 3.05) is 12.4 Å². The van der Waals surface area contributed by atoms with Crippen LogP contribution in [0, 0.1) is 9.39 Å². The highest BCUT2D eigenvalue weighted by atomic mass is 127. The summed E-state index contributed by atoms with van der Waals surface area (Å²) in [6.45, 7) is -0.0275. The van der Waals surface area contributed by atoms with E-state index in [1.807, 2.05) is 22.6 Å². The number of methoxy groups -OCH3 is 1. The number of pyridine rings is 1. The fraction of sp³-hybridized carbons (Fsp3) is 0.105.